The molecule has 4 atom stereocenters. The molecule has 2 aromatic rings. The van der Waals surface area contributed by atoms with E-state index in [0.29, 0.717) is 43.8 Å². The van der Waals surface area contributed by atoms with Crippen molar-refractivity contribution < 1.29 is 61.9 Å². The third-order valence-electron chi connectivity index (χ3n) is 12.6. The Hall–Kier alpha value is -5.29. The zero-order valence-electron chi connectivity index (χ0n) is 45.9. The molecule has 76 heavy (non-hydrogen) atoms. The Morgan fingerprint density at radius 3 is 1.46 bits per heavy atom. The van der Waals surface area contributed by atoms with E-state index in [1.54, 1.807) is 74.9 Å². The van der Waals surface area contributed by atoms with Crippen molar-refractivity contribution in [2.75, 3.05) is 95.3 Å². The molecule has 0 bridgehead atoms. The third kappa shape index (κ3) is 23.1. The first kappa shape index (κ1) is 66.8. The van der Waals surface area contributed by atoms with Crippen LogP contribution in [0.1, 0.15) is 117 Å². The predicted molar refractivity (Wildman–Crippen MR) is 300 cm³/mol. The molecule has 3 fully saturated rings. The maximum Gasteiger partial charge on any atom is 0.254 e. The lowest BCUT2D eigenvalue weighted by atomic mass is 9.92. The summed E-state index contributed by atoms with van der Waals surface area (Å²) in [6.07, 6.45) is 23.2. The number of ketones is 2. The number of nitrogens with one attached hydrogen (secondary N) is 2. The number of halogens is 1. The number of Topliss-reactive ketones (excluding diaryl/α,β-unsaturated/α-hetero) is 2. The van der Waals surface area contributed by atoms with Gasteiger partial charge in [0.05, 0.1) is 0 Å². The summed E-state index contributed by atoms with van der Waals surface area (Å²) in [7, 11) is 9.12. The molecule has 3 aliphatic rings. The lowest BCUT2D eigenvalue weighted by Gasteiger charge is -2.36. The minimum Gasteiger partial charge on any atom is -0.385 e. The molecule has 5 rings (SSSR count). The van der Waals surface area contributed by atoms with Crippen molar-refractivity contribution in [3.63, 3.8) is 0 Å². The van der Waals surface area contributed by atoms with Gasteiger partial charge in [-0.1, -0.05) is 29.9 Å². The minimum absolute atomic E-state index is 0.307. The summed E-state index contributed by atoms with van der Waals surface area (Å²) in [4.78, 5) is 79.7. The number of allylic oxidation sites excluding steroid dienone is 4. The molecule has 0 radical (unpaired) electrons. The van der Waals surface area contributed by atoms with Gasteiger partial charge in [-0.25, -0.2) is 0 Å². The second kappa shape index (κ2) is 38.3. The quantitative estimate of drug-likeness (QED) is 0.0525. The van der Waals surface area contributed by atoms with Gasteiger partial charge in [-0.15, -0.1) is 6.42 Å². The maximum atomic E-state index is 13.2. The Labute approximate surface area is 465 Å². The molecule has 3 heterocycles. The van der Waals surface area contributed by atoms with Crippen LogP contribution in [-0.2, 0) is 52.3 Å². The van der Waals surface area contributed by atoms with Crippen LogP contribution in [0.2, 0.25) is 0 Å². The van der Waals surface area contributed by atoms with E-state index in [4.69, 9.17) is 39.6 Å². The first-order valence-corrected chi connectivity index (χ1v) is 26.9. The molecule has 18 heteroatoms. The number of unbranched alkanes of at least 4 members (excludes halogenated alkanes) is 2. The van der Waals surface area contributed by atoms with Crippen LogP contribution in [0.3, 0.4) is 0 Å². The van der Waals surface area contributed by atoms with Crippen molar-refractivity contribution in [1.82, 2.24) is 20.4 Å². The van der Waals surface area contributed by atoms with E-state index >= 15 is 0 Å². The number of ether oxygens (including phenoxy) is 7. The van der Waals surface area contributed by atoms with Crippen molar-refractivity contribution in [3.8, 4) is 24.2 Å². The number of terminal acetylenes is 1. The van der Waals surface area contributed by atoms with Crippen molar-refractivity contribution in [3.05, 3.63) is 93.1 Å². The van der Waals surface area contributed by atoms with Gasteiger partial charge < -0.3 is 53.6 Å². The van der Waals surface area contributed by atoms with Gasteiger partial charge >= 0.3 is 0 Å². The predicted octanol–water partition coefficient (Wildman–Crippen LogP) is 7.09. The van der Waals surface area contributed by atoms with Gasteiger partial charge in [0.2, 0.25) is 0 Å². The minimum atomic E-state index is -1.74. The van der Waals surface area contributed by atoms with Crippen LogP contribution in [0, 0.1) is 27.8 Å². The summed E-state index contributed by atoms with van der Waals surface area (Å²) in [5, 5.41) is 4.97. The van der Waals surface area contributed by atoms with Crippen LogP contribution in [0.15, 0.2) is 72.8 Å². The summed E-state index contributed by atoms with van der Waals surface area (Å²) in [5.74, 6) is 5.34. The first-order valence-electron chi connectivity index (χ1n) is 25.8. The molecule has 418 valence electrons. The van der Waals surface area contributed by atoms with E-state index in [-0.39, 0.29) is 13.2 Å². The first-order chi connectivity index (χ1) is 36.6. The average Bonchev–Trinajstić information content (AvgIpc) is 4.06. The highest BCUT2D eigenvalue weighted by atomic mass is 127. The van der Waals surface area contributed by atoms with E-state index in [0.717, 1.165) is 85.2 Å². The molecular weight excluding hydrogens is 1090 g/mol. The Morgan fingerprint density at radius 1 is 0.671 bits per heavy atom. The SMILES string of the molecule is C#C/C=C/CCCOC.C1CCOC1.CNC(=O)[C@@](C)(C(=O)COC1CCCCO1)N(C)C(=O)c1ccc(C#C/C=C/CCCOC)cc1.CNC(=O)[C@@](C)(C(=O)COC1CCCCO1)N(C)C(=O)c1ccc(I)cc1. The van der Waals surface area contributed by atoms with E-state index < -0.39 is 58.9 Å². The van der Waals surface area contributed by atoms with Gasteiger partial charge in [0.15, 0.2) is 35.2 Å². The number of rotatable bonds is 22. The normalized spacial score (nSPS) is 17.4. The number of hydrogen-bond donors (Lipinski definition) is 2. The van der Waals surface area contributed by atoms with Gasteiger partial charge in [0, 0.05) is 102 Å². The van der Waals surface area contributed by atoms with Gasteiger partial charge in [-0.05, 0) is 174 Å². The van der Waals surface area contributed by atoms with E-state index in [2.05, 4.69) is 51.0 Å². The number of likely N-dealkylation sites (N-methyl/N-ethyl adjacent to an activating group) is 4. The Morgan fingerprint density at radius 2 is 1.09 bits per heavy atom. The second-order valence-electron chi connectivity index (χ2n) is 18.0. The van der Waals surface area contributed by atoms with Gasteiger partial charge in [0.1, 0.15) is 13.2 Å². The van der Waals surface area contributed by atoms with Crippen LogP contribution in [0.4, 0.5) is 0 Å². The topological polar surface area (TPSA) is 198 Å². The molecule has 3 saturated heterocycles. The molecule has 3 aliphatic heterocycles. The lowest BCUT2D eigenvalue weighted by Crippen LogP contribution is -2.62. The number of methoxy groups -OCH3 is 2. The fourth-order valence-corrected chi connectivity index (χ4v) is 7.78. The summed E-state index contributed by atoms with van der Waals surface area (Å²) in [6.45, 7) is 6.92. The Kier molecular flexibility index (Phi) is 33.7. The average molecular weight is 1170 g/mol. The molecule has 0 spiro atoms. The number of nitrogens with zero attached hydrogens (tertiary/aromatic N) is 2. The van der Waals surface area contributed by atoms with Gasteiger partial charge in [-0.2, -0.15) is 0 Å². The summed E-state index contributed by atoms with van der Waals surface area (Å²) >= 11 is 2.14. The van der Waals surface area contributed by atoms with Gasteiger partial charge in [0.25, 0.3) is 23.6 Å². The standard InChI is InChI=1S/C27H36N2O6.C19H25IN2O5.C8H12O.C4H8O/c1-27(26(32)28-2,23(30)20-35-24-13-9-11-19-34-24)29(3)25(31)22-16-14-21(15-17-22)12-8-6-5-7-10-18-33-4;1-19(18(25)21-2,15(23)12-27-16-6-4-5-11-26-16)22(3)17(24)13-7-9-14(20)10-8-13;1-3-4-5-6-7-8-9-2;1-2-4-5-3-1/h5-6,14-17,24H,7,9-11,13,18-20H2,1-4H3,(H,28,32);7-10,16H,4-6,11-12H2,1-3H3,(H,21,25);1,4-5H,6-8H2,2H3;1-4H2/b6-5+;;5-4+;/t24?,27-;16?,19-;;/m11../s1. The number of carbonyl (C=O) groups excluding carboxylic acids is 6. The lowest BCUT2D eigenvalue weighted by molar-refractivity contribution is -0.174. The molecule has 4 amide bonds. The number of benzene rings is 2. The fourth-order valence-electron chi connectivity index (χ4n) is 7.42. The highest BCUT2D eigenvalue weighted by Gasteiger charge is 2.48. The molecule has 0 aromatic heterocycles. The molecule has 2 unspecified atom stereocenters. The molecule has 0 saturated carbocycles. The van der Waals surface area contributed by atoms with Crippen molar-refractivity contribution in [2.24, 2.45) is 0 Å². The summed E-state index contributed by atoms with van der Waals surface area (Å²) in [5.41, 5.74) is -1.95. The van der Waals surface area contributed by atoms with Crippen molar-refractivity contribution in [2.45, 2.75) is 115 Å². The van der Waals surface area contributed by atoms with Crippen LogP contribution in [0.5, 0.6) is 0 Å². The highest BCUT2D eigenvalue weighted by molar-refractivity contribution is 14.1. The zero-order valence-corrected chi connectivity index (χ0v) is 48.0. The molecule has 17 nitrogen and oxygen atoms in total. The highest BCUT2D eigenvalue weighted by Crippen LogP contribution is 2.23. The van der Waals surface area contributed by atoms with Crippen LogP contribution in [0.25, 0.3) is 0 Å². The zero-order chi connectivity index (χ0) is 56.2. The number of carbonyl (C=O) groups is 6. The van der Waals surface area contributed by atoms with Crippen molar-refractivity contribution >= 4 is 57.8 Å². The van der Waals surface area contributed by atoms with Crippen LogP contribution < -0.4 is 10.6 Å². The molecule has 2 aromatic carbocycles. The smallest absolute Gasteiger partial charge is 0.254 e. The van der Waals surface area contributed by atoms with Crippen molar-refractivity contribution in [1.29, 1.82) is 0 Å². The third-order valence-corrected chi connectivity index (χ3v) is 13.3. The van der Waals surface area contributed by atoms with E-state index in [1.807, 2.05) is 12.2 Å². The fraction of sp³-hybridized carbons (Fsp3) is 0.552. The maximum absolute atomic E-state index is 13.2. The molecule has 2 N–H and O–H groups in total. The molecule has 0 aliphatic carbocycles. The summed E-state index contributed by atoms with van der Waals surface area (Å²) in [6, 6.07) is 13.7. The Bertz CT molecular complexity index is 2230. The van der Waals surface area contributed by atoms with Gasteiger partial charge in [-0.3, -0.25) is 28.8 Å². The summed E-state index contributed by atoms with van der Waals surface area (Å²) < 4.78 is 37.9. The second-order valence-corrected chi connectivity index (χ2v) is 19.3. The van der Waals surface area contributed by atoms with E-state index in [9.17, 15) is 28.8 Å². The monoisotopic (exact) mass is 1170 g/mol. The van der Waals surface area contributed by atoms with Crippen LogP contribution >= 0.6 is 22.6 Å². The van der Waals surface area contributed by atoms with E-state index in [1.165, 1.54) is 59.8 Å². The number of amides is 4. The largest absolute Gasteiger partial charge is 0.385 e. The molecular formula is C58H81IN4O13. The van der Waals surface area contributed by atoms with Crippen LogP contribution in [-0.4, -0.2) is 164 Å². The number of hydrogen-bond acceptors (Lipinski definition) is 13. The Balaban J connectivity index is 0.000000421.